The van der Waals surface area contributed by atoms with Gasteiger partial charge in [-0.25, -0.2) is 0 Å². The van der Waals surface area contributed by atoms with Gasteiger partial charge in [-0.3, -0.25) is 4.98 Å². The van der Waals surface area contributed by atoms with E-state index < -0.39 is 0 Å². The van der Waals surface area contributed by atoms with Gasteiger partial charge in [0.05, 0.1) is 16.1 Å². The first kappa shape index (κ1) is 19.6. The van der Waals surface area contributed by atoms with Crippen molar-refractivity contribution in [2.24, 2.45) is 0 Å². The molecule has 0 spiro atoms. The Morgan fingerprint density at radius 2 is 1.45 bits per heavy atom. The van der Waals surface area contributed by atoms with Gasteiger partial charge in [0.15, 0.2) is 5.58 Å². The molecule has 2 aromatic heterocycles. The smallest absolute Gasteiger partial charge is 0.154 e. The first-order valence-corrected chi connectivity index (χ1v) is 11.1. The predicted octanol–water partition coefficient (Wildman–Crippen LogP) is 8.77. The molecule has 6 rings (SSSR count). The fourth-order valence-electron chi connectivity index (χ4n) is 4.32. The second-order valence-electron chi connectivity index (χ2n) is 7.83. The van der Waals surface area contributed by atoms with Crippen LogP contribution in [0.4, 0.5) is 17.1 Å². The van der Waals surface area contributed by atoms with E-state index in [2.05, 4.69) is 76.6 Å². The molecule has 0 saturated carbocycles. The number of halogens is 1. The Bertz CT molecular complexity index is 1560. The molecule has 4 aromatic carbocycles. The number of pyridine rings is 1. The molecule has 0 aliphatic heterocycles. The molecule has 4 heteroatoms. The van der Waals surface area contributed by atoms with Gasteiger partial charge in [0.1, 0.15) is 5.58 Å². The topological polar surface area (TPSA) is 29.3 Å². The molecule has 2 heterocycles. The molecule has 0 unspecified atom stereocenters. The highest BCUT2D eigenvalue weighted by Gasteiger charge is 2.19. The highest BCUT2D eigenvalue weighted by Crippen LogP contribution is 2.44. The Hall–Kier alpha value is -4.08. The van der Waals surface area contributed by atoms with Crippen molar-refractivity contribution in [1.29, 1.82) is 0 Å². The second-order valence-corrected chi connectivity index (χ2v) is 8.24. The molecule has 0 atom stereocenters. The lowest BCUT2D eigenvalue weighted by Gasteiger charge is -2.26. The van der Waals surface area contributed by atoms with Gasteiger partial charge in [-0.15, -0.1) is 0 Å². The number of nitrogens with zero attached hydrogens (tertiary/aromatic N) is 2. The molecule has 0 aliphatic carbocycles. The summed E-state index contributed by atoms with van der Waals surface area (Å²) in [6.07, 6.45) is 3.67. The number of furan rings is 1. The fourth-order valence-corrected chi connectivity index (χ4v) is 4.53. The van der Waals surface area contributed by atoms with E-state index in [1.807, 2.05) is 42.6 Å². The van der Waals surface area contributed by atoms with E-state index in [-0.39, 0.29) is 0 Å². The third-order valence-electron chi connectivity index (χ3n) is 5.83. The summed E-state index contributed by atoms with van der Waals surface area (Å²) in [7, 11) is 0. The molecular weight excluding hydrogens is 428 g/mol. The lowest BCUT2D eigenvalue weighted by molar-refractivity contribution is 0.669. The third-order valence-corrected chi connectivity index (χ3v) is 6.13. The van der Waals surface area contributed by atoms with Crippen LogP contribution in [0.25, 0.3) is 33.1 Å². The van der Waals surface area contributed by atoms with Gasteiger partial charge in [0, 0.05) is 29.2 Å². The number of benzene rings is 4. The van der Waals surface area contributed by atoms with Crippen LogP contribution < -0.4 is 4.90 Å². The second kappa shape index (κ2) is 8.12. The molecule has 6 aromatic rings. The van der Waals surface area contributed by atoms with E-state index in [1.165, 1.54) is 0 Å². The molecule has 0 bridgehead atoms. The van der Waals surface area contributed by atoms with Crippen LogP contribution in [0.3, 0.4) is 0 Å². The highest BCUT2D eigenvalue weighted by atomic mass is 35.5. The summed E-state index contributed by atoms with van der Waals surface area (Å²) in [4.78, 5) is 6.50. The van der Waals surface area contributed by atoms with Crippen molar-refractivity contribution < 1.29 is 4.42 Å². The van der Waals surface area contributed by atoms with Crippen LogP contribution in [-0.4, -0.2) is 4.98 Å². The zero-order valence-electron chi connectivity index (χ0n) is 17.7. The largest absolute Gasteiger partial charge is 0.454 e. The molecule has 3 nitrogen and oxygen atoms in total. The van der Waals surface area contributed by atoms with E-state index in [0.29, 0.717) is 10.6 Å². The van der Waals surface area contributed by atoms with Gasteiger partial charge < -0.3 is 9.32 Å². The van der Waals surface area contributed by atoms with Gasteiger partial charge in [0.2, 0.25) is 0 Å². The Kier molecular flexibility index (Phi) is 4.82. The lowest BCUT2D eigenvalue weighted by atomic mass is 10.1. The van der Waals surface area contributed by atoms with Crippen LogP contribution >= 0.6 is 11.6 Å². The molecule has 0 amide bonds. The summed E-state index contributed by atoms with van der Waals surface area (Å²) >= 11 is 6.46. The van der Waals surface area contributed by atoms with Crippen LogP contribution in [0.1, 0.15) is 0 Å². The lowest BCUT2D eigenvalue weighted by Crippen LogP contribution is -2.10. The Morgan fingerprint density at radius 1 is 0.667 bits per heavy atom. The van der Waals surface area contributed by atoms with Crippen LogP contribution in [0.5, 0.6) is 0 Å². The molecule has 158 valence electrons. The highest BCUT2D eigenvalue weighted by molar-refractivity contribution is 6.36. The standard InChI is InChI=1S/C29H19ClN2O/c30-25-11-4-10-24-28-26(12-5-13-27(28)33-29(24)25)32(22-8-2-1-3-9-22)23-16-14-20(15-17-23)21-7-6-18-31-19-21/h1-19H. The molecule has 0 N–H and O–H groups in total. The SMILES string of the molecule is Clc1cccc2c1oc1cccc(N(c3ccccc3)c3ccc(-c4cccnc4)cc3)c12. The van der Waals surface area contributed by atoms with E-state index >= 15 is 0 Å². The van der Waals surface area contributed by atoms with Crippen LogP contribution in [0.15, 0.2) is 120 Å². The van der Waals surface area contributed by atoms with Crippen molar-refractivity contribution >= 4 is 50.6 Å². The maximum absolute atomic E-state index is 6.46. The van der Waals surface area contributed by atoms with Crippen molar-refractivity contribution in [1.82, 2.24) is 4.98 Å². The first-order chi connectivity index (χ1) is 16.3. The van der Waals surface area contributed by atoms with Crippen molar-refractivity contribution in [2.45, 2.75) is 0 Å². The summed E-state index contributed by atoms with van der Waals surface area (Å²) < 4.78 is 6.16. The average Bonchev–Trinajstić information content (AvgIpc) is 3.27. The zero-order valence-corrected chi connectivity index (χ0v) is 18.4. The predicted molar refractivity (Wildman–Crippen MR) is 137 cm³/mol. The van der Waals surface area contributed by atoms with Crippen molar-refractivity contribution in [3.05, 3.63) is 121 Å². The summed E-state index contributed by atoms with van der Waals surface area (Å²) in [5.74, 6) is 0. The maximum atomic E-state index is 6.46. The molecule has 33 heavy (non-hydrogen) atoms. The van der Waals surface area contributed by atoms with Crippen LogP contribution in [0.2, 0.25) is 5.02 Å². The normalized spacial score (nSPS) is 11.2. The van der Waals surface area contributed by atoms with Crippen molar-refractivity contribution in [3.63, 3.8) is 0 Å². The van der Waals surface area contributed by atoms with Crippen molar-refractivity contribution in [2.75, 3.05) is 4.90 Å². The maximum Gasteiger partial charge on any atom is 0.154 e. The number of hydrogen-bond donors (Lipinski definition) is 0. The van der Waals surface area contributed by atoms with Crippen LogP contribution in [-0.2, 0) is 0 Å². The average molecular weight is 447 g/mol. The van der Waals surface area contributed by atoms with E-state index in [9.17, 15) is 0 Å². The van der Waals surface area contributed by atoms with Crippen LogP contribution in [0, 0.1) is 0 Å². The summed E-state index contributed by atoms with van der Waals surface area (Å²) in [6, 6.07) is 35.0. The number of para-hydroxylation sites is 2. The molecular formula is C29H19ClN2O. The monoisotopic (exact) mass is 446 g/mol. The zero-order chi connectivity index (χ0) is 22.2. The number of anilines is 3. The van der Waals surface area contributed by atoms with E-state index in [4.69, 9.17) is 16.0 Å². The van der Waals surface area contributed by atoms with Gasteiger partial charge in [-0.2, -0.15) is 0 Å². The van der Waals surface area contributed by atoms with Gasteiger partial charge in [-0.1, -0.05) is 66.2 Å². The number of aromatic nitrogens is 1. The molecule has 0 radical (unpaired) electrons. The number of hydrogen-bond acceptors (Lipinski definition) is 3. The van der Waals surface area contributed by atoms with E-state index in [0.717, 1.165) is 44.5 Å². The summed E-state index contributed by atoms with van der Waals surface area (Å²) in [5, 5.41) is 2.65. The Labute approximate surface area is 196 Å². The van der Waals surface area contributed by atoms with Gasteiger partial charge in [-0.05, 0) is 59.7 Å². The van der Waals surface area contributed by atoms with Gasteiger partial charge in [0.25, 0.3) is 0 Å². The minimum atomic E-state index is 0.613. The molecule has 0 aliphatic rings. The third kappa shape index (κ3) is 3.43. The first-order valence-electron chi connectivity index (χ1n) is 10.7. The summed E-state index contributed by atoms with van der Waals surface area (Å²) in [6.45, 7) is 0. The van der Waals surface area contributed by atoms with E-state index in [1.54, 1.807) is 6.20 Å². The molecule has 0 fully saturated rings. The Balaban J connectivity index is 1.57. The number of fused-ring (bicyclic) bond motifs is 3. The fraction of sp³-hybridized carbons (Fsp3) is 0. The Morgan fingerprint density at radius 3 is 2.24 bits per heavy atom. The number of rotatable bonds is 4. The van der Waals surface area contributed by atoms with Crippen molar-refractivity contribution in [3.8, 4) is 11.1 Å². The minimum absolute atomic E-state index is 0.613. The quantitative estimate of drug-likeness (QED) is 0.271. The summed E-state index contributed by atoms with van der Waals surface area (Å²) in [5.41, 5.74) is 6.89. The molecule has 0 saturated heterocycles. The van der Waals surface area contributed by atoms with Gasteiger partial charge >= 0.3 is 0 Å². The minimum Gasteiger partial charge on any atom is -0.454 e.